The van der Waals surface area contributed by atoms with Crippen molar-refractivity contribution in [3.63, 3.8) is 0 Å². The van der Waals surface area contributed by atoms with Crippen molar-refractivity contribution >= 4 is 17.4 Å². The summed E-state index contributed by atoms with van der Waals surface area (Å²) in [5.41, 5.74) is 0.676. The molecule has 2 aliphatic heterocycles. The van der Waals surface area contributed by atoms with Gasteiger partial charge in [0, 0.05) is 5.57 Å². The highest BCUT2D eigenvalue weighted by Gasteiger charge is 2.44. The van der Waals surface area contributed by atoms with Gasteiger partial charge in [-0.25, -0.2) is 4.39 Å². The van der Waals surface area contributed by atoms with E-state index < -0.39 is 29.3 Å². The van der Waals surface area contributed by atoms with E-state index in [2.05, 4.69) is 6.58 Å². The van der Waals surface area contributed by atoms with Gasteiger partial charge in [-0.1, -0.05) is 42.7 Å². The minimum Gasteiger partial charge on any atom is -0.872 e. The van der Waals surface area contributed by atoms with E-state index >= 15 is 0 Å². The Morgan fingerprint density at radius 2 is 1.82 bits per heavy atom. The Balaban J connectivity index is 1.70. The lowest BCUT2D eigenvalue weighted by atomic mass is 9.95. The van der Waals surface area contributed by atoms with Crippen molar-refractivity contribution in [2.75, 3.05) is 46.0 Å². The van der Waals surface area contributed by atoms with E-state index in [0.29, 0.717) is 44.2 Å². The van der Waals surface area contributed by atoms with Gasteiger partial charge in [0.2, 0.25) is 5.78 Å². The van der Waals surface area contributed by atoms with E-state index in [9.17, 15) is 19.1 Å². The highest BCUT2D eigenvalue weighted by Crippen LogP contribution is 2.38. The molecule has 1 unspecified atom stereocenters. The maximum absolute atomic E-state index is 13.4. The number of quaternary nitrogens is 1. The number of carbonyl (C=O) groups is 2. The Labute approximate surface area is 197 Å². The average Bonchev–Trinajstić information content (AvgIpc) is 3.12. The minimum absolute atomic E-state index is 0.117. The Hall–Kier alpha value is -3.49. The fourth-order valence-electron chi connectivity index (χ4n) is 4.29. The monoisotopic (exact) mass is 466 g/mol. The van der Waals surface area contributed by atoms with Crippen LogP contribution in [0.4, 0.5) is 4.39 Å². The molecule has 2 aliphatic rings. The van der Waals surface area contributed by atoms with Gasteiger partial charge in [-0.05, 0) is 35.4 Å². The molecule has 1 amide bonds. The molecule has 0 saturated carbocycles. The Kier molecular flexibility index (Phi) is 7.40. The van der Waals surface area contributed by atoms with Crippen LogP contribution in [0.2, 0.25) is 0 Å². The molecule has 2 aromatic rings. The van der Waals surface area contributed by atoms with Crippen molar-refractivity contribution in [2.24, 2.45) is 0 Å². The normalized spacial score (nSPS) is 20.5. The molecule has 2 saturated heterocycles. The van der Waals surface area contributed by atoms with E-state index in [0.717, 1.165) is 25.2 Å². The van der Waals surface area contributed by atoms with Crippen molar-refractivity contribution in [1.29, 1.82) is 0 Å². The third-order valence-corrected chi connectivity index (χ3v) is 6.11. The number of nitrogens with one attached hydrogen (secondary N) is 1. The number of rotatable bonds is 8. The number of amides is 1. The molecule has 0 aliphatic carbocycles. The topological polar surface area (TPSA) is 83.3 Å². The van der Waals surface area contributed by atoms with E-state index in [4.69, 9.17) is 9.47 Å². The molecule has 178 valence electrons. The smallest absolute Gasteiger partial charge is 0.295 e. The first kappa shape index (κ1) is 23.7. The van der Waals surface area contributed by atoms with Crippen molar-refractivity contribution in [3.05, 3.63) is 83.7 Å². The number of ketones is 1. The molecular weight excluding hydrogens is 439 g/mol. The maximum atomic E-state index is 13.4. The summed E-state index contributed by atoms with van der Waals surface area (Å²) in [7, 11) is 0. The number of nitrogens with zero attached hydrogens (tertiary/aromatic N) is 1. The number of hydrogen-bond donors (Lipinski definition) is 1. The Bertz CT molecular complexity index is 1080. The van der Waals surface area contributed by atoms with Crippen molar-refractivity contribution in [1.82, 2.24) is 4.90 Å². The van der Waals surface area contributed by atoms with Gasteiger partial charge in [0.1, 0.15) is 31.3 Å². The van der Waals surface area contributed by atoms with Crippen molar-refractivity contribution < 1.29 is 33.5 Å². The second kappa shape index (κ2) is 10.6. The zero-order valence-corrected chi connectivity index (χ0v) is 18.8. The first-order valence-corrected chi connectivity index (χ1v) is 11.3. The van der Waals surface area contributed by atoms with Crippen LogP contribution in [0.25, 0.3) is 5.76 Å². The quantitative estimate of drug-likeness (QED) is 0.266. The number of morpholine rings is 1. The molecule has 0 radical (unpaired) electrons. The van der Waals surface area contributed by atoms with Gasteiger partial charge >= 0.3 is 0 Å². The predicted octanol–water partition coefficient (Wildman–Crippen LogP) is 0.530. The fraction of sp³-hybridized carbons (Fsp3) is 0.308. The molecule has 34 heavy (non-hydrogen) atoms. The average molecular weight is 467 g/mol. The number of Topliss-reactive ketones (excluding diaryl/α,β-unsaturated/α-hetero) is 1. The number of halogens is 1. The molecule has 4 rings (SSSR count). The molecule has 0 bridgehead atoms. The van der Waals surface area contributed by atoms with E-state index in [1.807, 2.05) is 0 Å². The summed E-state index contributed by atoms with van der Waals surface area (Å²) < 4.78 is 24.3. The minimum atomic E-state index is -0.827. The van der Waals surface area contributed by atoms with Crippen LogP contribution in [0, 0.1) is 5.82 Å². The summed E-state index contributed by atoms with van der Waals surface area (Å²) in [6.07, 6.45) is 1.63. The molecule has 2 fully saturated rings. The third kappa shape index (κ3) is 5.03. The van der Waals surface area contributed by atoms with E-state index in [1.54, 1.807) is 30.3 Å². The molecule has 0 spiro atoms. The summed E-state index contributed by atoms with van der Waals surface area (Å²) in [4.78, 5) is 28.8. The van der Waals surface area contributed by atoms with Crippen LogP contribution in [0.1, 0.15) is 17.2 Å². The van der Waals surface area contributed by atoms with Crippen molar-refractivity contribution in [3.8, 4) is 5.75 Å². The first-order valence-electron chi connectivity index (χ1n) is 11.3. The van der Waals surface area contributed by atoms with Gasteiger partial charge in [0.15, 0.2) is 0 Å². The third-order valence-electron chi connectivity index (χ3n) is 6.11. The summed E-state index contributed by atoms with van der Waals surface area (Å²) in [6, 6.07) is 11.1. The molecule has 8 heteroatoms. The highest BCUT2D eigenvalue weighted by atomic mass is 19.1. The number of benzene rings is 2. The lowest BCUT2D eigenvalue weighted by molar-refractivity contribution is -0.907. The molecular formula is C26H27FN2O5. The highest BCUT2D eigenvalue weighted by molar-refractivity contribution is 6.46. The van der Waals surface area contributed by atoms with Crippen LogP contribution in [-0.4, -0.2) is 62.6 Å². The standard InChI is InChI=1S/C26H27FN2O5/c1-2-15-34-21-9-5-18(6-10-21)23-22(24(30)19-3-7-20(27)8-4-19)25(31)26(32)29(23)12-11-28-13-16-33-17-14-28/h2-10,23,30H,1,11-17H2/b24-22+. The van der Waals surface area contributed by atoms with Crippen LogP contribution < -0.4 is 14.7 Å². The van der Waals surface area contributed by atoms with Crippen LogP contribution in [0.15, 0.2) is 66.8 Å². The molecule has 7 nitrogen and oxygen atoms in total. The van der Waals surface area contributed by atoms with Gasteiger partial charge in [-0.3, -0.25) is 9.59 Å². The Morgan fingerprint density at radius 3 is 2.47 bits per heavy atom. The van der Waals surface area contributed by atoms with Crippen LogP contribution in [-0.2, 0) is 14.3 Å². The lowest BCUT2D eigenvalue weighted by Gasteiger charge is -2.30. The summed E-state index contributed by atoms with van der Waals surface area (Å²) in [5.74, 6) is -1.97. The van der Waals surface area contributed by atoms with Crippen LogP contribution in [0.3, 0.4) is 0 Å². The SMILES string of the molecule is C=CCOc1ccc(C2/C(=C(\[O-])c3ccc(F)cc3)C(=O)C(=O)N2CC[NH+]2CCOCC2)cc1. The number of carbonyl (C=O) groups excluding carboxylic acids is 2. The van der Waals surface area contributed by atoms with Gasteiger partial charge in [-0.15, -0.1) is 0 Å². The van der Waals surface area contributed by atoms with E-state index in [-0.39, 0.29) is 11.1 Å². The molecule has 0 aromatic heterocycles. The second-order valence-electron chi connectivity index (χ2n) is 8.26. The number of hydrogen-bond acceptors (Lipinski definition) is 5. The first-order chi connectivity index (χ1) is 16.5. The number of likely N-dealkylation sites (tertiary alicyclic amines) is 1. The van der Waals surface area contributed by atoms with Gasteiger partial charge in [-0.2, -0.15) is 0 Å². The molecule has 2 aromatic carbocycles. The zero-order chi connectivity index (χ0) is 24.1. The summed E-state index contributed by atoms with van der Waals surface area (Å²) in [5, 5.41) is 13.3. The molecule has 1 atom stereocenters. The van der Waals surface area contributed by atoms with Gasteiger partial charge in [0.05, 0.1) is 32.3 Å². The van der Waals surface area contributed by atoms with Gasteiger partial charge < -0.3 is 24.4 Å². The predicted molar refractivity (Wildman–Crippen MR) is 121 cm³/mol. The maximum Gasteiger partial charge on any atom is 0.295 e. The fourth-order valence-corrected chi connectivity index (χ4v) is 4.29. The van der Waals surface area contributed by atoms with Gasteiger partial charge in [0.25, 0.3) is 5.91 Å². The molecule has 2 heterocycles. The summed E-state index contributed by atoms with van der Waals surface area (Å²) in [6.45, 7) is 7.86. The van der Waals surface area contributed by atoms with Crippen molar-refractivity contribution in [2.45, 2.75) is 6.04 Å². The lowest BCUT2D eigenvalue weighted by Crippen LogP contribution is -3.14. The van der Waals surface area contributed by atoms with E-state index in [1.165, 1.54) is 21.9 Å². The molecule has 1 N–H and O–H groups in total. The van der Waals surface area contributed by atoms with Crippen LogP contribution >= 0.6 is 0 Å². The largest absolute Gasteiger partial charge is 0.872 e. The van der Waals surface area contributed by atoms with Crippen LogP contribution in [0.5, 0.6) is 5.75 Å². The zero-order valence-electron chi connectivity index (χ0n) is 18.8. The second-order valence-corrected chi connectivity index (χ2v) is 8.26. The Morgan fingerprint density at radius 1 is 1.15 bits per heavy atom. The number of ether oxygens (including phenoxy) is 2. The summed E-state index contributed by atoms with van der Waals surface area (Å²) >= 11 is 0.